The van der Waals surface area contributed by atoms with Crippen LogP contribution in [0.4, 0.5) is 34.1 Å². The van der Waals surface area contributed by atoms with Gasteiger partial charge in [0.05, 0.1) is 19.2 Å². The molecule has 2 aliphatic carbocycles. The Morgan fingerprint density at radius 1 is 0.365 bits per heavy atom. The standard InChI is InChI=1S/C71H62N2Si/c1-45(2)48-27-33-51(34-28-48)72(50-31-25-47(5)26-32-50)54-39-42-62-63(43-54)56-17-9-11-21-60(56)69-68-61-22-12-10-20-59(61)67(44-66(68)71(70(62)69)64-23-15-13-18-57(64)58-19-14-16-24-65(58)71)73(52-35-29-49(30-36-52)46(3)4)53-37-40-55(41-38-53)74(6,7)8/h9-46H,1-8H3. The number of benzene rings is 11. The molecule has 0 unspecified atom stereocenters. The third-order valence-electron chi connectivity index (χ3n) is 16.4. The molecule has 0 aromatic heterocycles. The van der Waals surface area contributed by atoms with E-state index in [1.54, 1.807) is 0 Å². The summed E-state index contributed by atoms with van der Waals surface area (Å²) in [6.45, 7) is 18.6. The summed E-state index contributed by atoms with van der Waals surface area (Å²) < 4.78 is 0. The molecule has 11 aromatic rings. The SMILES string of the molecule is Cc1ccc(N(c2ccc(C(C)C)cc2)c2ccc3c4c(c5ccccc5c3c2)-c2c(cc(N(c3ccc(C(C)C)cc3)c3ccc([Si](C)(C)C)cc3)c3ccccc23)C42c3ccccc3-c3ccccc32)cc1. The predicted octanol–water partition coefficient (Wildman–Crippen LogP) is 19.5. The summed E-state index contributed by atoms with van der Waals surface area (Å²) >= 11 is 0. The smallest absolute Gasteiger partial charge is 0.0775 e. The molecule has 2 nitrogen and oxygen atoms in total. The number of hydrogen-bond donors (Lipinski definition) is 0. The second kappa shape index (κ2) is 17.3. The highest BCUT2D eigenvalue weighted by Gasteiger charge is 2.54. The molecule has 0 amide bonds. The van der Waals surface area contributed by atoms with Crippen LogP contribution in [0.5, 0.6) is 0 Å². The lowest BCUT2D eigenvalue weighted by Gasteiger charge is -2.34. The van der Waals surface area contributed by atoms with Crippen molar-refractivity contribution < 1.29 is 0 Å². The lowest BCUT2D eigenvalue weighted by Crippen LogP contribution is -2.37. The molecule has 0 aliphatic heterocycles. The van der Waals surface area contributed by atoms with Crippen molar-refractivity contribution in [3.8, 4) is 22.3 Å². The molecule has 3 heteroatoms. The molecule has 0 radical (unpaired) electrons. The topological polar surface area (TPSA) is 6.48 Å². The van der Waals surface area contributed by atoms with E-state index in [0.717, 1.165) is 28.4 Å². The van der Waals surface area contributed by atoms with Gasteiger partial charge in [-0.15, -0.1) is 0 Å². The summed E-state index contributed by atoms with van der Waals surface area (Å²) in [6, 6.07) is 84.0. The van der Waals surface area contributed by atoms with Crippen LogP contribution in [0.25, 0.3) is 54.6 Å². The van der Waals surface area contributed by atoms with Crippen molar-refractivity contribution in [2.24, 2.45) is 0 Å². The van der Waals surface area contributed by atoms with E-state index in [1.165, 1.54) is 104 Å². The van der Waals surface area contributed by atoms with Crippen LogP contribution in [0, 0.1) is 6.92 Å². The molecule has 13 rings (SSSR count). The highest BCUT2D eigenvalue weighted by molar-refractivity contribution is 6.88. The summed E-state index contributed by atoms with van der Waals surface area (Å²) in [6.07, 6.45) is 0. The van der Waals surface area contributed by atoms with Gasteiger partial charge >= 0.3 is 0 Å². The minimum Gasteiger partial charge on any atom is -0.310 e. The summed E-state index contributed by atoms with van der Waals surface area (Å²) in [5, 5.41) is 9.01. The molecule has 0 atom stereocenters. The maximum absolute atomic E-state index is 2.61. The Morgan fingerprint density at radius 3 is 1.35 bits per heavy atom. The van der Waals surface area contributed by atoms with E-state index >= 15 is 0 Å². The number of rotatable bonds is 9. The zero-order valence-corrected chi connectivity index (χ0v) is 44.8. The lowest BCUT2D eigenvalue weighted by molar-refractivity contribution is 0.802. The molecule has 11 aromatic carbocycles. The number of hydrogen-bond acceptors (Lipinski definition) is 2. The minimum atomic E-state index is -1.57. The molecule has 2 aliphatic rings. The molecule has 360 valence electrons. The normalized spacial score (nSPS) is 13.2. The Bertz CT molecular complexity index is 3940. The van der Waals surface area contributed by atoms with Crippen LogP contribution < -0.4 is 15.0 Å². The minimum absolute atomic E-state index is 0.429. The van der Waals surface area contributed by atoms with E-state index in [-0.39, 0.29) is 0 Å². The van der Waals surface area contributed by atoms with Crippen molar-refractivity contribution in [2.75, 3.05) is 9.80 Å². The summed E-state index contributed by atoms with van der Waals surface area (Å²) in [7, 11) is -1.57. The number of fused-ring (bicyclic) bond motifs is 17. The maximum Gasteiger partial charge on any atom is 0.0775 e. The van der Waals surface area contributed by atoms with E-state index in [9.17, 15) is 0 Å². The number of anilines is 6. The molecule has 0 saturated heterocycles. The van der Waals surface area contributed by atoms with E-state index in [0.29, 0.717) is 11.8 Å². The molecule has 74 heavy (non-hydrogen) atoms. The average molecular weight is 971 g/mol. The van der Waals surface area contributed by atoms with E-state index < -0.39 is 13.5 Å². The maximum atomic E-state index is 2.61. The Hall–Kier alpha value is -7.98. The highest BCUT2D eigenvalue weighted by Crippen LogP contribution is 2.67. The van der Waals surface area contributed by atoms with Crippen molar-refractivity contribution in [2.45, 2.75) is 71.5 Å². The van der Waals surface area contributed by atoms with Gasteiger partial charge in [0.25, 0.3) is 0 Å². The monoisotopic (exact) mass is 970 g/mol. The second-order valence-corrected chi connectivity index (χ2v) is 27.6. The van der Waals surface area contributed by atoms with Crippen molar-refractivity contribution in [3.63, 3.8) is 0 Å². The zero-order chi connectivity index (χ0) is 50.6. The molecule has 0 heterocycles. The van der Waals surface area contributed by atoms with Crippen LogP contribution in [0.3, 0.4) is 0 Å². The Morgan fingerprint density at radius 2 is 0.811 bits per heavy atom. The fraction of sp³-hybridized carbons (Fsp3) is 0.155. The van der Waals surface area contributed by atoms with Gasteiger partial charge in [-0.05, 0) is 168 Å². The van der Waals surface area contributed by atoms with E-state index in [2.05, 4.69) is 282 Å². The summed E-state index contributed by atoms with van der Waals surface area (Å²) in [5.74, 6) is 0.875. The third-order valence-corrected chi connectivity index (χ3v) is 18.5. The first-order valence-electron chi connectivity index (χ1n) is 26.6. The lowest BCUT2D eigenvalue weighted by atomic mass is 9.69. The first-order chi connectivity index (χ1) is 35.9. The van der Waals surface area contributed by atoms with Crippen LogP contribution in [0.2, 0.25) is 19.6 Å². The fourth-order valence-corrected chi connectivity index (χ4v) is 13.9. The van der Waals surface area contributed by atoms with Crippen molar-refractivity contribution >= 4 is 79.7 Å². The Labute approximate surface area is 438 Å². The van der Waals surface area contributed by atoms with E-state index in [1.807, 2.05) is 0 Å². The van der Waals surface area contributed by atoms with Crippen LogP contribution in [-0.2, 0) is 5.41 Å². The van der Waals surface area contributed by atoms with Crippen LogP contribution >= 0.6 is 0 Å². The molecule has 0 saturated carbocycles. The zero-order valence-electron chi connectivity index (χ0n) is 43.8. The molecular formula is C71H62N2Si. The van der Waals surface area contributed by atoms with Gasteiger partial charge in [-0.3, -0.25) is 0 Å². The van der Waals surface area contributed by atoms with Gasteiger partial charge in [0, 0.05) is 33.8 Å². The molecule has 0 fully saturated rings. The van der Waals surface area contributed by atoms with Gasteiger partial charge in [-0.25, -0.2) is 0 Å². The number of nitrogens with zero attached hydrogens (tertiary/aromatic N) is 2. The second-order valence-electron chi connectivity index (χ2n) is 22.5. The Kier molecular flexibility index (Phi) is 10.7. The van der Waals surface area contributed by atoms with Gasteiger partial charge < -0.3 is 9.80 Å². The number of aryl methyl sites for hydroxylation is 1. The third kappa shape index (κ3) is 6.97. The van der Waals surface area contributed by atoms with Gasteiger partial charge in [-0.1, -0.05) is 210 Å². The van der Waals surface area contributed by atoms with Crippen LogP contribution in [-0.4, -0.2) is 8.07 Å². The first-order valence-corrected chi connectivity index (χ1v) is 30.1. The predicted molar refractivity (Wildman–Crippen MR) is 321 cm³/mol. The first kappa shape index (κ1) is 45.8. The van der Waals surface area contributed by atoms with Crippen molar-refractivity contribution in [3.05, 3.63) is 257 Å². The molecule has 1 spiro atoms. The fourth-order valence-electron chi connectivity index (χ4n) is 12.7. The van der Waals surface area contributed by atoms with Crippen molar-refractivity contribution in [1.29, 1.82) is 0 Å². The van der Waals surface area contributed by atoms with Crippen LogP contribution in [0.15, 0.2) is 218 Å². The largest absolute Gasteiger partial charge is 0.310 e. The highest BCUT2D eigenvalue weighted by atomic mass is 28.3. The summed E-state index contributed by atoms with van der Waals surface area (Å²) in [5.41, 5.74) is 20.8. The molecular weight excluding hydrogens is 909 g/mol. The average Bonchev–Trinajstić information content (AvgIpc) is 3.94. The Balaban J connectivity index is 1.15. The van der Waals surface area contributed by atoms with Crippen LogP contribution in [0.1, 0.15) is 78.5 Å². The quantitative estimate of drug-likeness (QED) is 0.105. The molecule has 0 bridgehead atoms. The van der Waals surface area contributed by atoms with Gasteiger partial charge in [-0.2, -0.15) is 0 Å². The van der Waals surface area contributed by atoms with Gasteiger partial charge in [0.1, 0.15) is 0 Å². The van der Waals surface area contributed by atoms with Gasteiger partial charge in [0.2, 0.25) is 0 Å². The summed E-state index contributed by atoms with van der Waals surface area (Å²) in [4.78, 5) is 4.98. The van der Waals surface area contributed by atoms with E-state index in [4.69, 9.17) is 0 Å². The van der Waals surface area contributed by atoms with Gasteiger partial charge in [0.15, 0.2) is 0 Å². The molecule has 0 N–H and O–H groups in total. The van der Waals surface area contributed by atoms with Crippen molar-refractivity contribution in [1.82, 2.24) is 0 Å².